The predicted octanol–water partition coefficient (Wildman–Crippen LogP) is 6.31. The molecule has 146 valence electrons. The summed E-state index contributed by atoms with van der Waals surface area (Å²) in [5.74, 6) is 0.121. The lowest BCUT2D eigenvalue weighted by molar-refractivity contribution is 0.103. The molecule has 1 nitrogen and oxygen atoms in total. The predicted molar refractivity (Wildman–Crippen MR) is 122 cm³/mol. The number of rotatable bonds is 2. The lowest BCUT2D eigenvalue weighted by Gasteiger charge is -2.33. The minimum absolute atomic E-state index is 0.0279. The van der Waals surface area contributed by atoms with Gasteiger partial charge in [-0.2, -0.15) is 0 Å². The van der Waals surface area contributed by atoms with Crippen LogP contribution in [0.2, 0.25) is 0 Å². The van der Waals surface area contributed by atoms with Crippen molar-refractivity contribution in [2.75, 3.05) is 0 Å². The van der Waals surface area contributed by atoms with E-state index in [4.69, 9.17) is 0 Å². The maximum atomic E-state index is 13.7. The van der Waals surface area contributed by atoms with Gasteiger partial charge in [-0.1, -0.05) is 98.7 Å². The Hall–Kier alpha value is -1.46. The van der Waals surface area contributed by atoms with Crippen LogP contribution in [0.15, 0.2) is 36.4 Å². The van der Waals surface area contributed by atoms with Crippen molar-refractivity contribution in [1.82, 2.24) is 0 Å². The fourth-order valence-corrected chi connectivity index (χ4v) is 3.68. The first kappa shape index (κ1) is 21.8. The lowest BCUT2D eigenvalue weighted by atomic mass is 9.71. The fourth-order valence-electron chi connectivity index (χ4n) is 3.34. The average molecular weight is 383 g/mol. The van der Waals surface area contributed by atoms with Crippen LogP contribution in [-0.4, -0.2) is 5.78 Å². The fraction of sp³-hybridized carbons (Fsp3) is 0.480. The zero-order valence-corrected chi connectivity index (χ0v) is 19.6. The maximum Gasteiger partial charge on any atom is 0.194 e. The van der Waals surface area contributed by atoms with E-state index in [-0.39, 0.29) is 22.0 Å². The van der Waals surface area contributed by atoms with E-state index in [0.29, 0.717) is 0 Å². The van der Waals surface area contributed by atoms with Gasteiger partial charge in [0, 0.05) is 11.1 Å². The number of carbonyl (C=O) groups is 1. The molecule has 0 amide bonds. The van der Waals surface area contributed by atoms with E-state index < -0.39 is 0 Å². The van der Waals surface area contributed by atoms with Crippen LogP contribution < -0.4 is 5.30 Å². The highest BCUT2D eigenvalue weighted by atomic mass is 31.0. The Bertz CT molecular complexity index is 820. The smallest absolute Gasteiger partial charge is 0.194 e. The monoisotopic (exact) mass is 382 g/mol. The number of carbonyl (C=O) groups excluding carboxylic acids is 1. The molecule has 0 N–H and O–H groups in total. The summed E-state index contributed by atoms with van der Waals surface area (Å²) in [5.41, 5.74) is 4.98. The van der Waals surface area contributed by atoms with Gasteiger partial charge in [0.2, 0.25) is 0 Å². The molecule has 2 aromatic carbocycles. The standard InChI is InChI=1S/C25H35OP/c1-23(2,3)16-14-18(24(4,5)6)21(19(15-16)25(7,8)9)22(26)17-12-10-11-13-20(17)27/h10-15H,27H2,1-9H3. The zero-order valence-electron chi connectivity index (χ0n) is 18.4. The van der Waals surface area contributed by atoms with E-state index in [1.165, 1.54) is 5.56 Å². The first-order chi connectivity index (χ1) is 12.1. The quantitative estimate of drug-likeness (QED) is 0.439. The van der Waals surface area contributed by atoms with Gasteiger partial charge < -0.3 is 0 Å². The number of hydrogen-bond acceptors (Lipinski definition) is 1. The Morgan fingerprint density at radius 2 is 1.19 bits per heavy atom. The van der Waals surface area contributed by atoms with Crippen LogP contribution in [0.25, 0.3) is 0 Å². The van der Waals surface area contributed by atoms with Crippen molar-refractivity contribution in [2.24, 2.45) is 0 Å². The highest BCUT2D eigenvalue weighted by Gasteiger charge is 2.32. The third kappa shape index (κ3) is 4.69. The maximum absolute atomic E-state index is 13.7. The normalized spacial score (nSPS) is 13.0. The Kier molecular flexibility index (Phi) is 5.80. The molecule has 0 fully saturated rings. The second-order valence-electron chi connectivity index (χ2n) is 10.6. The van der Waals surface area contributed by atoms with Crippen molar-refractivity contribution < 1.29 is 4.79 Å². The highest BCUT2D eigenvalue weighted by Crippen LogP contribution is 2.39. The first-order valence-electron chi connectivity index (χ1n) is 9.72. The van der Waals surface area contributed by atoms with Crippen LogP contribution in [0.1, 0.15) is 94.9 Å². The van der Waals surface area contributed by atoms with E-state index >= 15 is 0 Å². The Morgan fingerprint density at radius 1 is 0.741 bits per heavy atom. The number of hydrogen-bond donors (Lipinski definition) is 0. The molecule has 2 aromatic rings. The molecule has 0 aromatic heterocycles. The van der Waals surface area contributed by atoms with Gasteiger partial charge in [0.05, 0.1) is 0 Å². The van der Waals surface area contributed by atoms with Crippen LogP contribution >= 0.6 is 9.24 Å². The number of ketones is 1. The van der Waals surface area contributed by atoms with E-state index in [2.05, 4.69) is 83.7 Å². The molecule has 0 spiro atoms. The van der Waals surface area contributed by atoms with Gasteiger partial charge in [0.1, 0.15) is 0 Å². The average Bonchev–Trinajstić information content (AvgIpc) is 2.51. The van der Waals surface area contributed by atoms with Gasteiger partial charge in [-0.25, -0.2) is 0 Å². The molecule has 0 radical (unpaired) electrons. The molecule has 1 atom stereocenters. The molecule has 1 unspecified atom stereocenters. The Balaban J connectivity index is 2.94. The molecular weight excluding hydrogens is 347 g/mol. The van der Waals surface area contributed by atoms with Crippen molar-refractivity contribution in [1.29, 1.82) is 0 Å². The lowest BCUT2D eigenvalue weighted by Crippen LogP contribution is -2.27. The largest absolute Gasteiger partial charge is 0.289 e. The van der Waals surface area contributed by atoms with Crippen LogP contribution in [0.4, 0.5) is 0 Å². The van der Waals surface area contributed by atoms with Crippen molar-refractivity contribution in [3.63, 3.8) is 0 Å². The van der Waals surface area contributed by atoms with Gasteiger partial charge >= 0.3 is 0 Å². The van der Waals surface area contributed by atoms with Gasteiger partial charge in [0.15, 0.2) is 5.78 Å². The third-order valence-corrected chi connectivity index (χ3v) is 5.56. The number of benzene rings is 2. The summed E-state index contributed by atoms with van der Waals surface area (Å²) < 4.78 is 0. The van der Waals surface area contributed by atoms with E-state index in [0.717, 1.165) is 27.6 Å². The minimum atomic E-state index is -0.123. The summed E-state index contributed by atoms with van der Waals surface area (Å²) in [6.45, 7) is 19.9. The Labute approximate surface area is 168 Å². The second-order valence-corrected chi connectivity index (χ2v) is 11.2. The molecule has 2 heteroatoms. The van der Waals surface area contributed by atoms with Gasteiger partial charge in [-0.15, -0.1) is 9.24 Å². The van der Waals surface area contributed by atoms with Crippen LogP contribution in [0.3, 0.4) is 0 Å². The summed E-state index contributed by atoms with van der Waals surface area (Å²) in [4.78, 5) is 13.7. The van der Waals surface area contributed by atoms with Gasteiger partial charge in [-0.05, 0) is 38.2 Å². The minimum Gasteiger partial charge on any atom is -0.289 e. The molecule has 27 heavy (non-hydrogen) atoms. The summed E-state index contributed by atoms with van der Waals surface area (Å²) in [7, 11) is 2.71. The zero-order chi connectivity index (χ0) is 20.8. The van der Waals surface area contributed by atoms with Crippen molar-refractivity contribution in [2.45, 2.75) is 78.6 Å². The highest BCUT2D eigenvalue weighted by molar-refractivity contribution is 7.27. The van der Waals surface area contributed by atoms with Crippen molar-refractivity contribution >= 4 is 20.3 Å². The SMILES string of the molecule is CC(C)(C)c1cc(C(C)(C)C)c(C(=O)c2ccccc2P)c(C(C)(C)C)c1. The summed E-state index contributed by atoms with van der Waals surface area (Å²) >= 11 is 0. The first-order valence-corrected chi connectivity index (χ1v) is 10.3. The van der Waals surface area contributed by atoms with Crippen molar-refractivity contribution in [3.8, 4) is 0 Å². The molecule has 2 rings (SSSR count). The van der Waals surface area contributed by atoms with Crippen LogP contribution in [0, 0.1) is 0 Å². The molecular formula is C25H35OP. The van der Waals surface area contributed by atoms with Crippen LogP contribution in [-0.2, 0) is 16.2 Å². The molecule has 0 bridgehead atoms. The third-order valence-electron chi connectivity index (χ3n) is 5.05. The van der Waals surface area contributed by atoms with Crippen molar-refractivity contribution in [3.05, 3.63) is 64.2 Å². The molecule has 0 aliphatic rings. The summed E-state index contributed by atoms with van der Waals surface area (Å²) in [5, 5.41) is 0.946. The Morgan fingerprint density at radius 3 is 1.56 bits per heavy atom. The second kappa shape index (κ2) is 7.17. The topological polar surface area (TPSA) is 17.1 Å². The summed E-state index contributed by atoms with van der Waals surface area (Å²) in [6.07, 6.45) is 0. The van der Waals surface area contributed by atoms with E-state index in [1.807, 2.05) is 24.3 Å². The van der Waals surface area contributed by atoms with Gasteiger partial charge in [0.25, 0.3) is 0 Å². The molecule has 0 heterocycles. The molecule has 0 saturated carbocycles. The van der Waals surface area contributed by atoms with Crippen LogP contribution in [0.5, 0.6) is 0 Å². The molecule has 0 aliphatic heterocycles. The molecule has 0 saturated heterocycles. The van der Waals surface area contributed by atoms with E-state index in [9.17, 15) is 4.79 Å². The van der Waals surface area contributed by atoms with E-state index in [1.54, 1.807) is 0 Å². The van der Waals surface area contributed by atoms with Gasteiger partial charge in [-0.3, -0.25) is 4.79 Å². The molecule has 0 aliphatic carbocycles. The summed E-state index contributed by atoms with van der Waals surface area (Å²) in [6, 6.07) is 12.3.